The lowest BCUT2D eigenvalue weighted by Gasteiger charge is -2.11. The summed E-state index contributed by atoms with van der Waals surface area (Å²) in [5, 5.41) is 7.18. The molecule has 2 aromatic rings. The first kappa shape index (κ1) is 18.1. The van der Waals surface area contributed by atoms with Crippen molar-refractivity contribution < 1.29 is 4.74 Å². The fraction of sp³-hybridized carbons (Fsp3) is 0.529. The quantitative estimate of drug-likeness (QED) is 0.646. The van der Waals surface area contributed by atoms with Gasteiger partial charge in [-0.15, -0.1) is 5.10 Å². The lowest BCUT2D eigenvalue weighted by molar-refractivity contribution is 0.314. The standard InChI is InChI=1S/C17H28N6O/c1-22(2)11-5-8-14-7-4-9-15(13-14)24-12-6-10-19-17-20-16(18)21-23(17)3/h4,7,9,13H,5-6,8,10-12H2,1-3H3,(H3,18,19,20,21). The van der Waals surface area contributed by atoms with E-state index in [4.69, 9.17) is 10.5 Å². The number of nitrogen functional groups attached to an aromatic ring is 1. The lowest BCUT2D eigenvalue weighted by Crippen LogP contribution is -2.13. The first-order valence-electron chi connectivity index (χ1n) is 8.31. The number of nitrogens with zero attached hydrogens (tertiary/aromatic N) is 4. The van der Waals surface area contributed by atoms with E-state index in [2.05, 4.69) is 52.6 Å². The minimum absolute atomic E-state index is 0.280. The van der Waals surface area contributed by atoms with Crippen molar-refractivity contribution in [3.8, 4) is 5.75 Å². The second-order valence-corrected chi connectivity index (χ2v) is 6.10. The second-order valence-electron chi connectivity index (χ2n) is 6.10. The van der Waals surface area contributed by atoms with Gasteiger partial charge in [-0.1, -0.05) is 12.1 Å². The van der Waals surface area contributed by atoms with Gasteiger partial charge in [0.15, 0.2) is 0 Å². The number of hydrogen-bond acceptors (Lipinski definition) is 6. The third-order valence-electron chi connectivity index (χ3n) is 3.62. The zero-order valence-electron chi connectivity index (χ0n) is 14.8. The summed E-state index contributed by atoms with van der Waals surface area (Å²) in [4.78, 5) is 6.30. The maximum absolute atomic E-state index is 5.83. The molecule has 0 saturated carbocycles. The topological polar surface area (TPSA) is 81.2 Å². The summed E-state index contributed by atoms with van der Waals surface area (Å²) >= 11 is 0. The molecule has 1 aromatic carbocycles. The fourth-order valence-electron chi connectivity index (χ4n) is 2.41. The molecule has 1 heterocycles. The third kappa shape index (κ3) is 6.08. The number of nitrogens with two attached hydrogens (primary N) is 1. The Hall–Kier alpha value is -2.28. The Morgan fingerprint density at radius 1 is 1.29 bits per heavy atom. The summed E-state index contributed by atoms with van der Waals surface area (Å²) in [5.41, 5.74) is 6.86. The van der Waals surface area contributed by atoms with Crippen molar-refractivity contribution in [3.05, 3.63) is 29.8 Å². The van der Waals surface area contributed by atoms with Crippen LogP contribution in [0.15, 0.2) is 24.3 Å². The Morgan fingerprint density at radius 2 is 2.12 bits per heavy atom. The Balaban J connectivity index is 1.67. The smallest absolute Gasteiger partial charge is 0.241 e. The Kier molecular flexibility index (Phi) is 6.87. The molecule has 0 unspecified atom stereocenters. The van der Waals surface area contributed by atoms with Gasteiger partial charge in [0.2, 0.25) is 11.9 Å². The predicted molar refractivity (Wildman–Crippen MR) is 97.3 cm³/mol. The molecule has 1 aromatic heterocycles. The van der Waals surface area contributed by atoms with Crippen molar-refractivity contribution in [2.75, 3.05) is 44.8 Å². The van der Waals surface area contributed by atoms with Crippen molar-refractivity contribution in [2.24, 2.45) is 7.05 Å². The zero-order chi connectivity index (χ0) is 17.4. The van der Waals surface area contributed by atoms with Crippen LogP contribution in [0.3, 0.4) is 0 Å². The number of aromatic nitrogens is 3. The van der Waals surface area contributed by atoms with Crippen molar-refractivity contribution >= 4 is 11.9 Å². The maximum Gasteiger partial charge on any atom is 0.241 e. The Labute approximate surface area is 143 Å². The van der Waals surface area contributed by atoms with Crippen LogP contribution in [0.25, 0.3) is 0 Å². The van der Waals surface area contributed by atoms with Crippen molar-refractivity contribution in [1.82, 2.24) is 19.7 Å². The summed E-state index contributed by atoms with van der Waals surface area (Å²) in [5.74, 6) is 1.89. The molecule has 7 heteroatoms. The molecule has 0 amide bonds. The summed E-state index contributed by atoms with van der Waals surface area (Å²) in [7, 11) is 6.01. The van der Waals surface area contributed by atoms with Gasteiger partial charge >= 0.3 is 0 Å². The molecule has 132 valence electrons. The van der Waals surface area contributed by atoms with Gasteiger partial charge in [0.1, 0.15) is 5.75 Å². The molecule has 3 N–H and O–H groups in total. The number of hydrogen-bond donors (Lipinski definition) is 2. The van der Waals surface area contributed by atoms with E-state index in [1.165, 1.54) is 5.56 Å². The van der Waals surface area contributed by atoms with Gasteiger partial charge in [-0.3, -0.25) is 0 Å². The molecular weight excluding hydrogens is 304 g/mol. The molecule has 0 spiro atoms. The molecule has 24 heavy (non-hydrogen) atoms. The van der Waals surface area contributed by atoms with Gasteiger partial charge in [0.05, 0.1) is 6.61 Å². The molecule has 0 atom stereocenters. The maximum atomic E-state index is 5.83. The zero-order valence-corrected chi connectivity index (χ0v) is 14.8. The molecule has 0 radical (unpaired) electrons. The van der Waals surface area contributed by atoms with Gasteiger partial charge in [-0.2, -0.15) is 4.98 Å². The van der Waals surface area contributed by atoms with Crippen molar-refractivity contribution in [3.63, 3.8) is 0 Å². The van der Waals surface area contributed by atoms with Crippen molar-refractivity contribution in [1.29, 1.82) is 0 Å². The van der Waals surface area contributed by atoms with Crippen LogP contribution in [-0.2, 0) is 13.5 Å². The molecule has 0 aliphatic rings. The minimum atomic E-state index is 0.280. The van der Waals surface area contributed by atoms with Crippen LogP contribution in [0.1, 0.15) is 18.4 Å². The highest BCUT2D eigenvalue weighted by molar-refractivity contribution is 5.31. The highest BCUT2D eigenvalue weighted by Crippen LogP contribution is 2.15. The van der Waals surface area contributed by atoms with E-state index in [9.17, 15) is 0 Å². The van der Waals surface area contributed by atoms with Gasteiger partial charge in [-0.25, -0.2) is 4.68 Å². The van der Waals surface area contributed by atoms with Crippen LogP contribution in [0.2, 0.25) is 0 Å². The second kappa shape index (κ2) is 9.12. The molecular formula is C17H28N6O. The van der Waals surface area contributed by atoms with Crippen molar-refractivity contribution in [2.45, 2.75) is 19.3 Å². The highest BCUT2D eigenvalue weighted by atomic mass is 16.5. The lowest BCUT2D eigenvalue weighted by atomic mass is 10.1. The van der Waals surface area contributed by atoms with Crippen LogP contribution in [0.4, 0.5) is 11.9 Å². The average molecular weight is 332 g/mol. The van der Waals surface area contributed by atoms with E-state index in [0.717, 1.165) is 38.1 Å². The van der Waals surface area contributed by atoms with Crippen LogP contribution >= 0.6 is 0 Å². The van der Waals surface area contributed by atoms with Crippen LogP contribution < -0.4 is 15.8 Å². The number of rotatable bonds is 10. The van der Waals surface area contributed by atoms with Crippen LogP contribution in [0, 0.1) is 0 Å². The van der Waals surface area contributed by atoms with Gasteiger partial charge in [0, 0.05) is 13.6 Å². The molecule has 0 aliphatic heterocycles. The molecule has 0 aliphatic carbocycles. The predicted octanol–water partition coefficient (Wildman–Crippen LogP) is 1.77. The molecule has 7 nitrogen and oxygen atoms in total. The van der Waals surface area contributed by atoms with Gasteiger partial charge < -0.3 is 20.7 Å². The monoisotopic (exact) mass is 332 g/mol. The first-order chi connectivity index (χ1) is 11.5. The minimum Gasteiger partial charge on any atom is -0.494 e. The number of benzene rings is 1. The molecule has 0 fully saturated rings. The van der Waals surface area contributed by atoms with E-state index >= 15 is 0 Å². The number of nitrogens with one attached hydrogen (secondary N) is 1. The fourth-order valence-corrected chi connectivity index (χ4v) is 2.41. The van der Waals surface area contributed by atoms with E-state index in [-0.39, 0.29) is 5.95 Å². The highest BCUT2D eigenvalue weighted by Gasteiger charge is 2.03. The third-order valence-corrected chi connectivity index (χ3v) is 3.62. The van der Waals surface area contributed by atoms with Gasteiger partial charge in [0.25, 0.3) is 0 Å². The van der Waals surface area contributed by atoms with Gasteiger partial charge in [-0.05, 0) is 57.6 Å². The Morgan fingerprint density at radius 3 is 2.83 bits per heavy atom. The normalized spacial score (nSPS) is 11.0. The molecule has 0 bridgehead atoms. The largest absolute Gasteiger partial charge is 0.494 e. The Bertz CT molecular complexity index is 625. The van der Waals surface area contributed by atoms with E-state index in [0.29, 0.717) is 12.6 Å². The number of anilines is 2. The average Bonchev–Trinajstić information content (AvgIpc) is 2.85. The van der Waals surface area contributed by atoms with E-state index in [1.54, 1.807) is 4.68 Å². The SMILES string of the molecule is CN(C)CCCc1cccc(OCCCNc2nc(N)nn2C)c1. The van der Waals surface area contributed by atoms with E-state index in [1.807, 2.05) is 13.1 Å². The van der Waals surface area contributed by atoms with Crippen LogP contribution in [0.5, 0.6) is 5.75 Å². The number of aryl methyl sites for hydroxylation is 2. The summed E-state index contributed by atoms with van der Waals surface area (Å²) in [6.45, 7) is 2.51. The molecule has 2 rings (SSSR count). The molecule has 0 saturated heterocycles. The summed E-state index contributed by atoms with van der Waals surface area (Å²) in [6, 6.07) is 8.35. The first-order valence-corrected chi connectivity index (χ1v) is 8.31. The van der Waals surface area contributed by atoms with Crippen LogP contribution in [-0.4, -0.2) is 53.5 Å². The summed E-state index contributed by atoms with van der Waals surface area (Å²) in [6.07, 6.45) is 3.10. The van der Waals surface area contributed by atoms with E-state index < -0.39 is 0 Å². The summed E-state index contributed by atoms with van der Waals surface area (Å²) < 4.78 is 7.46. The number of ether oxygens (including phenoxy) is 1.